The number of nitrogens with one attached hydrogen (secondary N) is 4. The first kappa shape index (κ1) is 24.2. The Balaban J connectivity index is 2.24. The average Bonchev–Trinajstić information content (AvgIpc) is 2.69. The highest BCUT2D eigenvalue weighted by Gasteiger charge is 2.08. The summed E-state index contributed by atoms with van der Waals surface area (Å²) in [5.74, 6) is -1.43. The van der Waals surface area contributed by atoms with E-state index in [0.717, 1.165) is 0 Å². The Morgan fingerprint density at radius 2 is 1.53 bits per heavy atom. The van der Waals surface area contributed by atoms with Crippen LogP contribution >= 0.6 is 0 Å². The highest BCUT2D eigenvalue weighted by molar-refractivity contribution is 5.90. The van der Waals surface area contributed by atoms with Gasteiger partial charge in [0.05, 0.1) is 6.54 Å². The van der Waals surface area contributed by atoms with Crippen molar-refractivity contribution in [2.24, 2.45) is 11.5 Å². The lowest BCUT2D eigenvalue weighted by Gasteiger charge is -2.09. The number of alkyl carbamates (subject to hydrolysis) is 1. The lowest BCUT2D eigenvalue weighted by molar-refractivity contribution is -0.124. The van der Waals surface area contributed by atoms with E-state index in [1.807, 2.05) is 0 Å². The summed E-state index contributed by atoms with van der Waals surface area (Å²) in [4.78, 5) is 55.8. The number of anilines is 1. The molecule has 0 saturated heterocycles. The molecule has 12 nitrogen and oxygen atoms in total. The molecular formula is C18H26N6O6. The van der Waals surface area contributed by atoms with Gasteiger partial charge < -0.3 is 37.5 Å². The predicted molar refractivity (Wildman–Crippen MR) is 107 cm³/mol. The molecule has 8 N–H and O–H groups in total. The van der Waals surface area contributed by atoms with Gasteiger partial charge >= 0.3 is 12.1 Å². The van der Waals surface area contributed by atoms with E-state index in [2.05, 4.69) is 21.3 Å². The molecule has 30 heavy (non-hydrogen) atoms. The number of amides is 6. The average molecular weight is 422 g/mol. The Morgan fingerprint density at radius 3 is 2.17 bits per heavy atom. The van der Waals surface area contributed by atoms with E-state index in [0.29, 0.717) is 37.1 Å². The summed E-state index contributed by atoms with van der Waals surface area (Å²) in [7, 11) is 0. The van der Waals surface area contributed by atoms with E-state index in [1.165, 1.54) is 0 Å². The van der Waals surface area contributed by atoms with Crippen LogP contribution in [0.3, 0.4) is 0 Å². The first-order valence-corrected chi connectivity index (χ1v) is 9.14. The Bertz CT molecular complexity index is 752. The van der Waals surface area contributed by atoms with E-state index < -0.39 is 23.9 Å². The molecule has 1 aromatic rings. The second-order valence-corrected chi connectivity index (χ2v) is 6.17. The van der Waals surface area contributed by atoms with E-state index in [4.69, 9.17) is 16.2 Å². The molecule has 1 aromatic carbocycles. The molecule has 0 atom stereocenters. The number of carbonyl (C=O) groups excluding carboxylic acids is 5. The number of urea groups is 1. The summed E-state index contributed by atoms with van der Waals surface area (Å²) >= 11 is 0. The van der Waals surface area contributed by atoms with Crippen molar-refractivity contribution in [1.29, 1.82) is 0 Å². The maximum Gasteiger partial charge on any atom is 0.407 e. The predicted octanol–water partition coefficient (Wildman–Crippen LogP) is -0.709. The Kier molecular flexibility index (Phi) is 10.8. The van der Waals surface area contributed by atoms with Gasteiger partial charge in [0, 0.05) is 18.7 Å². The van der Waals surface area contributed by atoms with Crippen LogP contribution in [0.15, 0.2) is 24.3 Å². The van der Waals surface area contributed by atoms with Gasteiger partial charge in [0.25, 0.3) is 0 Å². The Morgan fingerprint density at radius 1 is 0.833 bits per heavy atom. The summed E-state index contributed by atoms with van der Waals surface area (Å²) in [6.07, 6.45) is 0.751. The summed E-state index contributed by atoms with van der Waals surface area (Å²) in [6.45, 7) is -0.278. The van der Waals surface area contributed by atoms with E-state index in [-0.39, 0.29) is 25.6 Å². The van der Waals surface area contributed by atoms with Crippen LogP contribution in [0.25, 0.3) is 0 Å². The molecule has 0 aliphatic rings. The van der Waals surface area contributed by atoms with Gasteiger partial charge in [0.1, 0.15) is 13.2 Å². The van der Waals surface area contributed by atoms with E-state index >= 15 is 0 Å². The van der Waals surface area contributed by atoms with Crippen molar-refractivity contribution in [2.45, 2.75) is 25.9 Å². The molecule has 164 valence electrons. The van der Waals surface area contributed by atoms with Gasteiger partial charge in [-0.05, 0) is 30.5 Å². The second kappa shape index (κ2) is 13.4. The van der Waals surface area contributed by atoms with E-state index in [1.54, 1.807) is 24.3 Å². The van der Waals surface area contributed by atoms with Crippen molar-refractivity contribution < 1.29 is 28.7 Å². The third-order valence-corrected chi connectivity index (χ3v) is 3.59. The molecular weight excluding hydrogens is 396 g/mol. The largest absolute Gasteiger partial charge is 0.445 e. The smallest absolute Gasteiger partial charge is 0.407 e. The van der Waals surface area contributed by atoms with Crippen molar-refractivity contribution in [3.8, 4) is 0 Å². The van der Waals surface area contributed by atoms with Gasteiger partial charge in [-0.2, -0.15) is 0 Å². The third-order valence-electron chi connectivity index (χ3n) is 3.59. The van der Waals surface area contributed by atoms with Gasteiger partial charge in [0.15, 0.2) is 0 Å². The molecule has 12 heteroatoms. The zero-order chi connectivity index (χ0) is 22.4. The first-order chi connectivity index (χ1) is 14.3. The fourth-order valence-corrected chi connectivity index (χ4v) is 2.13. The topological polar surface area (TPSA) is 195 Å². The quantitative estimate of drug-likeness (QED) is 0.241. The SMILES string of the molecule is NC(=O)CNC(=O)CNC(=O)OCc1ccc(NC(=O)CCCCNC(N)=O)cc1. The molecule has 0 spiro atoms. The number of unbranched alkanes of at least 4 members (excludes halogenated alkanes) is 1. The molecule has 0 bridgehead atoms. The molecule has 0 aliphatic heterocycles. The molecule has 0 heterocycles. The van der Waals surface area contributed by atoms with Gasteiger partial charge in [-0.15, -0.1) is 0 Å². The number of primary amides is 2. The van der Waals surface area contributed by atoms with Crippen LogP contribution in [-0.4, -0.2) is 49.5 Å². The van der Waals surface area contributed by atoms with Crippen LogP contribution in [0.2, 0.25) is 0 Å². The standard InChI is InChI=1S/C18H26N6O6/c19-14(25)9-22-16(27)10-23-18(29)30-11-12-4-6-13(7-5-12)24-15(26)3-1-2-8-21-17(20)28/h4-7H,1-3,8-11H2,(H2,19,25)(H,22,27)(H,23,29)(H,24,26)(H3,20,21,28). The third kappa shape index (κ3) is 11.8. The molecule has 1 rings (SSSR count). The highest BCUT2D eigenvalue weighted by Crippen LogP contribution is 2.11. The maximum absolute atomic E-state index is 11.9. The molecule has 6 amide bonds. The molecule has 0 aromatic heterocycles. The van der Waals surface area contributed by atoms with Gasteiger partial charge in [-0.25, -0.2) is 9.59 Å². The van der Waals surface area contributed by atoms with Crippen molar-refractivity contribution >= 4 is 35.5 Å². The van der Waals surface area contributed by atoms with E-state index in [9.17, 15) is 24.0 Å². The zero-order valence-corrected chi connectivity index (χ0v) is 16.4. The van der Waals surface area contributed by atoms with Crippen molar-refractivity contribution in [1.82, 2.24) is 16.0 Å². The fourth-order valence-electron chi connectivity index (χ4n) is 2.13. The van der Waals surface area contributed by atoms with Crippen LogP contribution in [0.1, 0.15) is 24.8 Å². The van der Waals surface area contributed by atoms with Crippen LogP contribution in [0, 0.1) is 0 Å². The van der Waals surface area contributed by atoms with Crippen LogP contribution in [0.5, 0.6) is 0 Å². The minimum absolute atomic E-state index is 0.0319. The van der Waals surface area contributed by atoms with Crippen LogP contribution < -0.4 is 32.7 Å². The molecule has 0 aliphatic carbocycles. The Labute approximate surface area is 173 Å². The minimum atomic E-state index is -0.799. The van der Waals surface area contributed by atoms with Gasteiger partial charge in [0.2, 0.25) is 17.7 Å². The summed E-state index contributed by atoms with van der Waals surface area (Å²) in [6, 6.07) is 6.10. The number of carbonyl (C=O) groups is 5. The summed E-state index contributed by atoms with van der Waals surface area (Å²) < 4.78 is 4.97. The number of ether oxygens (including phenoxy) is 1. The summed E-state index contributed by atoms with van der Waals surface area (Å²) in [5.41, 5.74) is 11.1. The number of hydrogen-bond acceptors (Lipinski definition) is 6. The first-order valence-electron chi connectivity index (χ1n) is 9.14. The minimum Gasteiger partial charge on any atom is -0.445 e. The monoisotopic (exact) mass is 422 g/mol. The molecule has 0 saturated carbocycles. The van der Waals surface area contributed by atoms with Crippen LogP contribution in [-0.2, 0) is 25.7 Å². The maximum atomic E-state index is 11.9. The molecule has 0 fully saturated rings. The lowest BCUT2D eigenvalue weighted by atomic mass is 10.2. The number of benzene rings is 1. The summed E-state index contributed by atoms with van der Waals surface area (Å²) in [5, 5.41) is 9.64. The van der Waals surface area contributed by atoms with Gasteiger partial charge in [-0.3, -0.25) is 14.4 Å². The number of hydrogen-bond donors (Lipinski definition) is 6. The van der Waals surface area contributed by atoms with Gasteiger partial charge in [-0.1, -0.05) is 12.1 Å². The second-order valence-electron chi connectivity index (χ2n) is 6.17. The highest BCUT2D eigenvalue weighted by atomic mass is 16.5. The number of rotatable bonds is 12. The normalized spacial score (nSPS) is 9.87. The van der Waals surface area contributed by atoms with Crippen molar-refractivity contribution in [3.05, 3.63) is 29.8 Å². The number of nitrogens with two attached hydrogens (primary N) is 2. The molecule has 0 unspecified atom stereocenters. The van der Waals surface area contributed by atoms with Crippen LogP contribution in [0.4, 0.5) is 15.3 Å². The molecule has 0 radical (unpaired) electrons. The Hall–Kier alpha value is -3.83. The van der Waals surface area contributed by atoms with Crippen molar-refractivity contribution in [3.63, 3.8) is 0 Å². The van der Waals surface area contributed by atoms with Crippen molar-refractivity contribution in [2.75, 3.05) is 25.0 Å². The fraction of sp³-hybridized carbons (Fsp3) is 0.389. The zero-order valence-electron chi connectivity index (χ0n) is 16.4. The lowest BCUT2D eigenvalue weighted by Crippen LogP contribution is -2.40.